The molecule has 1 rings (SSSR count). The number of nitrogens with one attached hydrogen (secondary N) is 1. The zero-order chi connectivity index (χ0) is 14.8. The Hall–Kier alpha value is -1.22. The van der Waals surface area contributed by atoms with Gasteiger partial charge >= 0.3 is 0 Å². The van der Waals surface area contributed by atoms with Gasteiger partial charge in [-0.3, -0.25) is 0 Å². The van der Waals surface area contributed by atoms with Gasteiger partial charge in [-0.25, -0.2) is 0 Å². The maximum Gasteiger partial charge on any atom is 0.120 e. The first-order valence-corrected chi connectivity index (χ1v) is 7.87. The molecule has 0 aliphatic carbocycles. The molecule has 0 bridgehead atoms. The SMILES string of the molecule is CCCC(NCC)C(CC)Oc1ccc(OCC)cc1. The predicted molar refractivity (Wildman–Crippen MR) is 84.7 cm³/mol. The van der Waals surface area contributed by atoms with E-state index in [4.69, 9.17) is 9.47 Å². The molecule has 0 saturated carbocycles. The van der Waals surface area contributed by atoms with Gasteiger partial charge in [0, 0.05) is 6.04 Å². The molecule has 0 aromatic heterocycles. The van der Waals surface area contributed by atoms with Crippen LogP contribution in [-0.4, -0.2) is 25.3 Å². The Morgan fingerprint density at radius 3 is 2.15 bits per heavy atom. The molecule has 1 N–H and O–H groups in total. The van der Waals surface area contributed by atoms with Gasteiger partial charge in [-0.1, -0.05) is 27.2 Å². The monoisotopic (exact) mass is 279 g/mol. The van der Waals surface area contributed by atoms with Crippen LogP contribution in [0.2, 0.25) is 0 Å². The third-order valence-electron chi connectivity index (χ3n) is 3.34. The van der Waals surface area contributed by atoms with Crippen LogP contribution in [0.3, 0.4) is 0 Å². The lowest BCUT2D eigenvalue weighted by Gasteiger charge is -2.27. The van der Waals surface area contributed by atoms with Crippen LogP contribution in [-0.2, 0) is 0 Å². The van der Waals surface area contributed by atoms with Crippen molar-refractivity contribution < 1.29 is 9.47 Å². The third-order valence-corrected chi connectivity index (χ3v) is 3.34. The second kappa shape index (κ2) is 9.65. The molecular formula is C17H29NO2. The summed E-state index contributed by atoms with van der Waals surface area (Å²) in [6.07, 6.45) is 3.53. The van der Waals surface area contributed by atoms with Gasteiger partial charge in [0.1, 0.15) is 17.6 Å². The van der Waals surface area contributed by atoms with Gasteiger partial charge in [0.05, 0.1) is 6.61 Å². The molecule has 0 heterocycles. The quantitative estimate of drug-likeness (QED) is 0.701. The van der Waals surface area contributed by atoms with Crippen LogP contribution >= 0.6 is 0 Å². The summed E-state index contributed by atoms with van der Waals surface area (Å²) in [7, 11) is 0. The first-order chi connectivity index (χ1) is 9.74. The van der Waals surface area contributed by atoms with Crippen molar-refractivity contribution in [1.82, 2.24) is 5.32 Å². The average molecular weight is 279 g/mol. The Bertz CT molecular complexity index is 345. The van der Waals surface area contributed by atoms with Gasteiger partial charge < -0.3 is 14.8 Å². The second-order valence-corrected chi connectivity index (χ2v) is 4.92. The van der Waals surface area contributed by atoms with E-state index in [2.05, 4.69) is 26.1 Å². The van der Waals surface area contributed by atoms with E-state index in [1.807, 2.05) is 31.2 Å². The Kier molecular flexibility index (Phi) is 8.12. The van der Waals surface area contributed by atoms with Crippen molar-refractivity contribution in [1.29, 1.82) is 0 Å². The topological polar surface area (TPSA) is 30.5 Å². The highest BCUT2D eigenvalue weighted by Crippen LogP contribution is 2.21. The van der Waals surface area contributed by atoms with Crippen LogP contribution < -0.4 is 14.8 Å². The van der Waals surface area contributed by atoms with Gasteiger partial charge in [-0.05, 0) is 50.6 Å². The number of hydrogen-bond acceptors (Lipinski definition) is 3. The van der Waals surface area contributed by atoms with E-state index in [0.717, 1.165) is 30.9 Å². The van der Waals surface area contributed by atoms with Crippen LogP contribution in [0, 0.1) is 0 Å². The smallest absolute Gasteiger partial charge is 0.120 e. The molecule has 3 nitrogen and oxygen atoms in total. The molecule has 0 spiro atoms. The highest BCUT2D eigenvalue weighted by molar-refractivity contribution is 5.31. The second-order valence-electron chi connectivity index (χ2n) is 4.92. The molecule has 1 aromatic rings. The van der Waals surface area contributed by atoms with Crippen LogP contribution in [0.15, 0.2) is 24.3 Å². The molecule has 3 heteroatoms. The summed E-state index contributed by atoms with van der Waals surface area (Å²) in [4.78, 5) is 0. The minimum absolute atomic E-state index is 0.216. The lowest BCUT2D eigenvalue weighted by atomic mass is 10.0. The van der Waals surface area contributed by atoms with Crippen LogP contribution in [0.1, 0.15) is 47.0 Å². The van der Waals surface area contributed by atoms with Crippen molar-refractivity contribution in [2.75, 3.05) is 13.2 Å². The van der Waals surface area contributed by atoms with Crippen molar-refractivity contribution in [3.05, 3.63) is 24.3 Å². The molecule has 114 valence electrons. The Morgan fingerprint density at radius 2 is 1.65 bits per heavy atom. The summed E-state index contributed by atoms with van der Waals surface area (Å²) < 4.78 is 11.6. The number of benzene rings is 1. The average Bonchev–Trinajstić information content (AvgIpc) is 2.47. The lowest BCUT2D eigenvalue weighted by Crippen LogP contribution is -2.42. The van der Waals surface area contributed by atoms with E-state index in [0.29, 0.717) is 12.6 Å². The van der Waals surface area contributed by atoms with E-state index < -0.39 is 0 Å². The molecule has 0 saturated heterocycles. The molecule has 0 aliphatic heterocycles. The van der Waals surface area contributed by atoms with Crippen molar-refractivity contribution >= 4 is 0 Å². The van der Waals surface area contributed by atoms with Crippen LogP contribution in [0.4, 0.5) is 0 Å². The van der Waals surface area contributed by atoms with Crippen molar-refractivity contribution in [3.63, 3.8) is 0 Å². The fourth-order valence-corrected chi connectivity index (χ4v) is 2.40. The lowest BCUT2D eigenvalue weighted by molar-refractivity contribution is 0.143. The standard InChI is InChI=1S/C17H29NO2/c1-5-9-16(18-7-3)17(6-2)20-15-12-10-14(11-13-15)19-8-4/h10-13,16-18H,5-9H2,1-4H3. The van der Waals surface area contributed by atoms with Gasteiger partial charge in [-0.15, -0.1) is 0 Å². The molecule has 2 unspecified atom stereocenters. The number of rotatable bonds is 10. The minimum Gasteiger partial charge on any atom is -0.494 e. The molecule has 20 heavy (non-hydrogen) atoms. The van der Waals surface area contributed by atoms with Crippen LogP contribution in [0.25, 0.3) is 0 Å². The van der Waals surface area contributed by atoms with Crippen molar-refractivity contribution in [2.45, 2.75) is 59.1 Å². The third kappa shape index (κ3) is 5.41. The van der Waals surface area contributed by atoms with E-state index in [9.17, 15) is 0 Å². The Morgan fingerprint density at radius 1 is 1.00 bits per heavy atom. The first-order valence-electron chi connectivity index (χ1n) is 7.87. The summed E-state index contributed by atoms with van der Waals surface area (Å²) >= 11 is 0. The molecule has 0 amide bonds. The Labute approximate surface area is 123 Å². The number of ether oxygens (including phenoxy) is 2. The summed E-state index contributed by atoms with van der Waals surface area (Å²) in [5.74, 6) is 1.81. The fourth-order valence-electron chi connectivity index (χ4n) is 2.40. The molecule has 0 radical (unpaired) electrons. The maximum absolute atomic E-state index is 6.15. The molecule has 0 fully saturated rings. The minimum atomic E-state index is 0.216. The molecule has 2 atom stereocenters. The fraction of sp³-hybridized carbons (Fsp3) is 0.647. The van der Waals surface area contributed by atoms with Gasteiger partial charge in [0.2, 0.25) is 0 Å². The van der Waals surface area contributed by atoms with Crippen LogP contribution in [0.5, 0.6) is 11.5 Å². The number of likely N-dealkylation sites (N-methyl/N-ethyl adjacent to an activating group) is 1. The molecule has 0 aliphatic rings. The number of hydrogen-bond donors (Lipinski definition) is 1. The summed E-state index contributed by atoms with van der Waals surface area (Å²) in [5.41, 5.74) is 0. The van der Waals surface area contributed by atoms with Crippen molar-refractivity contribution in [3.8, 4) is 11.5 Å². The normalized spacial score (nSPS) is 13.8. The summed E-state index contributed by atoms with van der Waals surface area (Å²) in [6.45, 7) is 10.2. The van der Waals surface area contributed by atoms with E-state index in [-0.39, 0.29) is 6.10 Å². The molecule has 1 aromatic carbocycles. The molecular weight excluding hydrogens is 250 g/mol. The van der Waals surface area contributed by atoms with E-state index in [1.54, 1.807) is 0 Å². The summed E-state index contributed by atoms with van der Waals surface area (Å²) in [5, 5.41) is 3.54. The largest absolute Gasteiger partial charge is 0.494 e. The van der Waals surface area contributed by atoms with Gasteiger partial charge in [0.15, 0.2) is 0 Å². The highest BCUT2D eigenvalue weighted by Gasteiger charge is 2.20. The maximum atomic E-state index is 6.15. The van der Waals surface area contributed by atoms with Crippen molar-refractivity contribution in [2.24, 2.45) is 0 Å². The van der Waals surface area contributed by atoms with E-state index >= 15 is 0 Å². The summed E-state index contributed by atoms with van der Waals surface area (Å²) in [6, 6.07) is 8.33. The zero-order valence-electron chi connectivity index (χ0n) is 13.3. The first kappa shape index (κ1) is 16.8. The van der Waals surface area contributed by atoms with Gasteiger partial charge in [-0.2, -0.15) is 0 Å². The van der Waals surface area contributed by atoms with E-state index in [1.165, 1.54) is 6.42 Å². The Balaban J connectivity index is 2.65. The zero-order valence-corrected chi connectivity index (χ0v) is 13.3. The van der Waals surface area contributed by atoms with Gasteiger partial charge in [0.25, 0.3) is 0 Å². The highest BCUT2D eigenvalue weighted by atomic mass is 16.5. The predicted octanol–water partition coefficient (Wildman–Crippen LogP) is 4.02.